The van der Waals surface area contributed by atoms with Gasteiger partial charge in [-0.25, -0.2) is 4.79 Å². The molecule has 0 aliphatic rings. The van der Waals surface area contributed by atoms with Gasteiger partial charge in [0, 0.05) is 25.4 Å². The predicted molar refractivity (Wildman–Crippen MR) is 94.1 cm³/mol. The van der Waals surface area contributed by atoms with Crippen LogP contribution in [-0.2, 0) is 22.8 Å². The highest BCUT2D eigenvalue weighted by atomic mass is 28.4. The molecule has 0 bridgehead atoms. The Morgan fingerprint density at radius 1 is 0.870 bits per heavy atom. The molecular weight excluding hydrogens is 312 g/mol. The minimum Gasteiger partial charge on any atom is -0.458 e. The van der Waals surface area contributed by atoms with Crippen molar-refractivity contribution < 1.29 is 22.8 Å². The Hall–Kier alpha value is -0.693. The van der Waals surface area contributed by atoms with Crippen LogP contribution in [0.3, 0.4) is 0 Å². The van der Waals surface area contributed by atoms with Crippen molar-refractivity contribution in [1.29, 1.82) is 0 Å². The lowest BCUT2D eigenvalue weighted by Crippen LogP contribution is -2.52. The Labute approximate surface area is 142 Å². The van der Waals surface area contributed by atoms with Crippen LogP contribution in [0.2, 0.25) is 0 Å². The Morgan fingerprint density at radius 3 is 1.57 bits per heavy atom. The maximum atomic E-state index is 11.7. The minimum atomic E-state index is -3.00. The zero-order chi connectivity index (χ0) is 17.6. The molecule has 0 aliphatic heterocycles. The molecule has 23 heavy (non-hydrogen) atoms. The first kappa shape index (κ1) is 22.3. The molecule has 0 aromatic heterocycles. The molecule has 0 aliphatic carbocycles. The second-order valence-corrected chi connectivity index (χ2v) is 8.17. The van der Waals surface area contributed by atoms with Crippen molar-refractivity contribution in [3.8, 4) is 0 Å². The van der Waals surface area contributed by atoms with E-state index in [1.165, 1.54) is 0 Å². The molecule has 136 valence electrons. The third-order valence-electron chi connectivity index (χ3n) is 3.19. The Morgan fingerprint density at radius 2 is 1.26 bits per heavy atom. The van der Waals surface area contributed by atoms with E-state index in [0.717, 1.165) is 38.5 Å². The van der Waals surface area contributed by atoms with Gasteiger partial charge in [-0.1, -0.05) is 46.6 Å². The first-order chi connectivity index (χ1) is 11.0. The maximum Gasteiger partial charge on any atom is 0.540 e. The first-order valence-corrected chi connectivity index (χ1v) is 10.7. The molecule has 0 rings (SSSR count). The molecule has 0 heterocycles. The highest BCUT2D eigenvalue weighted by Gasteiger charge is 2.43. The fourth-order valence-electron chi connectivity index (χ4n) is 1.64. The molecule has 5 nitrogen and oxygen atoms in total. The summed E-state index contributed by atoms with van der Waals surface area (Å²) in [7, 11) is -3.00. The predicted octanol–water partition coefficient (Wildman–Crippen LogP) is 4.03. The van der Waals surface area contributed by atoms with Crippen molar-refractivity contribution in [2.75, 3.05) is 26.1 Å². The summed E-state index contributed by atoms with van der Waals surface area (Å²) in [6.45, 7) is 13.2. The van der Waals surface area contributed by atoms with Crippen molar-refractivity contribution in [2.24, 2.45) is 0 Å². The van der Waals surface area contributed by atoms with Crippen molar-refractivity contribution in [1.82, 2.24) is 0 Å². The van der Waals surface area contributed by atoms with Crippen LogP contribution in [0.15, 0.2) is 12.2 Å². The minimum absolute atomic E-state index is 0.0514. The van der Waals surface area contributed by atoms with Gasteiger partial charge in [0.15, 0.2) is 6.23 Å². The van der Waals surface area contributed by atoms with Gasteiger partial charge < -0.3 is 18.0 Å². The van der Waals surface area contributed by atoms with Crippen LogP contribution < -0.4 is 0 Å². The molecule has 0 unspecified atom stereocenters. The maximum absolute atomic E-state index is 11.7. The lowest BCUT2D eigenvalue weighted by Gasteiger charge is -2.29. The largest absolute Gasteiger partial charge is 0.540 e. The van der Waals surface area contributed by atoms with Crippen LogP contribution in [0.1, 0.15) is 66.2 Å². The third kappa shape index (κ3) is 10.7. The van der Waals surface area contributed by atoms with E-state index >= 15 is 0 Å². The zero-order valence-corrected chi connectivity index (χ0v) is 16.3. The van der Waals surface area contributed by atoms with Crippen molar-refractivity contribution in [3.63, 3.8) is 0 Å². The average Bonchev–Trinajstić information content (AvgIpc) is 2.53. The summed E-state index contributed by atoms with van der Waals surface area (Å²) >= 11 is 0. The van der Waals surface area contributed by atoms with E-state index in [1.54, 1.807) is 6.92 Å². The molecular formula is C17H34O5Si. The van der Waals surface area contributed by atoms with Gasteiger partial charge in [0.1, 0.15) is 0 Å². The highest BCUT2D eigenvalue weighted by molar-refractivity contribution is 6.60. The number of hydrogen-bond donors (Lipinski definition) is 0. The van der Waals surface area contributed by atoms with Gasteiger partial charge in [0.25, 0.3) is 0 Å². The van der Waals surface area contributed by atoms with Gasteiger partial charge in [-0.2, -0.15) is 0 Å². The van der Waals surface area contributed by atoms with E-state index in [1.807, 2.05) is 0 Å². The fourth-order valence-corrected chi connectivity index (χ4v) is 3.82. The zero-order valence-electron chi connectivity index (χ0n) is 15.3. The molecule has 0 amide bonds. The standard InChI is InChI=1S/C17H34O5Si/c1-6-9-12-20-23(21-13-10-7-2,22-14-11-8-3)15-19-17(18)16(4)5/h4,6-15H2,1-3,5H3. The first-order valence-electron chi connectivity index (χ1n) is 8.75. The lowest BCUT2D eigenvalue weighted by molar-refractivity contribution is -0.139. The SMILES string of the molecule is C=C(C)C(=O)OC[Si](OCCCC)(OCCCC)OCCCC. The molecule has 0 saturated heterocycles. The summed E-state index contributed by atoms with van der Waals surface area (Å²) in [5, 5.41) is 0. The summed E-state index contributed by atoms with van der Waals surface area (Å²) in [4.78, 5) is 11.7. The van der Waals surface area contributed by atoms with Gasteiger partial charge in [0.05, 0.1) is 0 Å². The summed E-state index contributed by atoms with van der Waals surface area (Å²) in [5.74, 6) is -0.431. The van der Waals surface area contributed by atoms with E-state index in [4.69, 9.17) is 18.0 Å². The van der Waals surface area contributed by atoms with E-state index in [-0.39, 0.29) is 6.23 Å². The smallest absolute Gasteiger partial charge is 0.458 e. The highest BCUT2D eigenvalue weighted by Crippen LogP contribution is 2.15. The van der Waals surface area contributed by atoms with Crippen LogP contribution in [0.25, 0.3) is 0 Å². The number of carbonyl (C=O) groups is 1. The molecule has 0 atom stereocenters. The normalized spacial score (nSPS) is 11.5. The van der Waals surface area contributed by atoms with Gasteiger partial charge >= 0.3 is 14.8 Å². The van der Waals surface area contributed by atoms with Crippen LogP contribution in [0, 0.1) is 0 Å². The molecule has 0 fully saturated rings. The number of carbonyl (C=O) groups excluding carboxylic acids is 1. The summed E-state index contributed by atoms with van der Waals surface area (Å²) < 4.78 is 23.3. The van der Waals surface area contributed by atoms with Gasteiger partial charge in [-0.15, -0.1) is 0 Å². The van der Waals surface area contributed by atoms with Gasteiger partial charge in [-0.05, 0) is 26.2 Å². The van der Waals surface area contributed by atoms with E-state index in [9.17, 15) is 4.79 Å². The summed E-state index contributed by atoms with van der Waals surface area (Å²) in [6.07, 6.45) is 5.92. The molecule has 0 spiro atoms. The lowest BCUT2D eigenvalue weighted by atomic mass is 10.4. The number of ether oxygens (including phenoxy) is 1. The molecule has 0 aromatic rings. The number of rotatable bonds is 15. The van der Waals surface area contributed by atoms with Crippen LogP contribution >= 0.6 is 0 Å². The van der Waals surface area contributed by atoms with Crippen LogP contribution in [0.5, 0.6) is 0 Å². The van der Waals surface area contributed by atoms with Crippen molar-refractivity contribution in [3.05, 3.63) is 12.2 Å². The Kier molecular flexibility index (Phi) is 13.3. The van der Waals surface area contributed by atoms with Gasteiger partial charge in [-0.3, -0.25) is 0 Å². The molecule has 0 radical (unpaired) electrons. The number of unbranched alkanes of at least 4 members (excludes halogenated alkanes) is 3. The molecule has 0 aromatic carbocycles. The molecule has 0 saturated carbocycles. The molecule has 0 N–H and O–H groups in total. The van der Waals surface area contributed by atoms with Gasteiger partial charge in [0.2, 0.25) is 0 Å². The quantitative estimate of drug-likeness (QED) is 0.194. The second kappa shape index (κ2) is 13.7. The topological polar surface area (TPSA) is 54.0 Å². The van der Waals surface area contributed by atoms with Crippen molar-refractivity contribution in [2.45, 2.75) is 66.2 Å². The monoisotopic (exact) mass is 346 g/mol. The summed E-state index contributed by atoms with van der Waals surface area (Å²) in [5.41, 5.74) is 0.364. The fraction of sp³-hybridized carbons (Fsp3) is 0.824. The average molecular weight is 347 g/mol. The van der Waals surface area contributed by atoms with E-state index in [2.05, 4.69) is 27.4 Å². The van der Waals surface area contributed by atoms with Crippen LogP contribution in [-0.4, -0.2) is 40.8 Å². The van der Waals surface area contributed by atoms with E-state index in [0.29, 0.717) is 25.4 Å². The molecule has 6 heteroatoms. The van der Waals surface area contributed by atoms with Crippen LogP contribution in [0.4, 0.5) is 0 Å². The Bertz CT molecular complexity index is 306. The van der Waals surface area contributed by atoms with E-state index < -0.39 is 14.8 Å². The number of esters is 1. The number of hydrogen-bond acceptors (Lipinski definition) is 5. The summed E-state index contributed by atoms with van der Waals surface area (Å²) in [6, 6.07) is 0. The van der Waals surface area contributed by atoms with Crippen molar-refractivity contribution >= 4 is 14.8 Å². The second-order valence-electron chi connectivity index (χ2n) is 5.65. The third-order valence-corrected chi connectivity index (χ3v) is 5.62. The Balaban J connectivity index is 4.84.